The molecule has 0 fully saturated rings. The van der Waals surface area contributed by atoms with Crippen molar-refractivity contribution in [2.45, 2.75) is 50.6 Å². The van der Waals surface area contributed by atoms with Gasteiger partial charge in [0.1, 0.15) is 4.90 Å². The number of halogens is 2. The highest BCUT2D eigenvalue weighted by atomic mass is 35.5. The van der Waals surface area contributed by atoms with Crippen LogP contribution in [0.15, 0.2) is 17.0 Å². The quantitative estimate of drug-likeness (QED) is 0.835. The van der Waals surface area contributed by atoms with Crippen molar-refractivity contribution in [2.75, 3.05) is 0 Å². The summed E-state index contributed by atoms with van der Waals surface area (Å²) in [6, 6.07) is 2.90. The molecular formula is C13H20Cl2N2O2S. The van der Waals surface area contributed by atoms with E-state index in [1.807, 2.05) is 20.8 Å². The lowest BCUT2D eigenvalue weighted by Crippen LogP contribution is -2.44. The van der Waals surface area contributed by atoms with Crippen LogP contribution in [-0.4, -0.2) is 14.0 Å². The summed E-state index contributed by atoms with van der Waals surface area (Å²) in [6.45, 7) is 5.81. The fourth-order valence-corrected chi connectivity index (χ4v) is 4.23. The van der Waals surface area contributed by atoms with Gasteiger partial charge in [0, 0.05) is 22.7 Å². The molecule has 0 aliphatic heterocycles. The molecule has 0 aliphatic rings. The average molecular weight is 339 g/mol. The Morgan fingerprint density at radius 3 is 2.25 bits per heavy atom. The predicted molar refractivity (Wildman–Crippen MR) is 83.7 cm³/mol. The number of nitrogens with two attached hydrogens (primary N) is 1. The molecule has 0 aliphatic carbocycles. The van der Waals surface area contributed by atoms with E-state index >= 15 is 0 Å². The Hall–Kier alpha value is -0.330. The Kier molecular flexibility index (Phi) is 5.87. The molecule has 1 aromatic carbocycles. The van der Waals surface area contributed by atoms with Gasteiger partial charge >= 0.3 is 0 Å². The van der Waals surface area contributed by atoms with Crippen LogP contribution < -0.4 is 10.5 Å². The van der Waals surface area contributed by atoms with Crippen molar-refractivity contribution in [3.8, 4) is 0 Å². The first-order valence-corrected chi connectivity index (χ1v) is 8.65. The second-order valence-electron chi connectivity index (χ2n) is 4.92. The van der Waals surface area contributed by atoms with E-state index in [0.717, 1.165) is 0 Å². The highest BCUT2D eigenvalue weighted by Crippen LogP contribution is 2.31. The van der Waals surface area contributed by atoms with Crippen LogP contribution >= 0.6 is 23.2 Å². The number of hydrogen-bond donors (Lipinski definition) is 2. The van der Waals surface area contributed by atoms with Crippen molar-refractivity contribution in [3.63, 3.8) is 0 Å². The maximum absolute atomic E-state index is 12.5. The lowest BCUT2D eigenvalue weighted by molar-refractivity contribution is 0.388. The Morgan fingerprint density at radius 1 is 1.25 bits per heavy atom. The molecule has 1 aromatic rings. The minimum absolute atomic E-state index is 0.0112. The minimum atomic E-state index is -3.72. The molecule has 0 saturated heterocycles. The van der Waals surface area contributed by atoms with E-state index in [4.69, 9.17) is 28.9 Å². The molecule has 0 heterocycles. The maximum Gasteiger partial charge on any atom is 0.242 e. The van der Waals surface area contributed by atoms with E-state index in [9.17, 15) is 8.42 Å². The molecule has 4 nitrogen and oxygen atoms in total. The largest absolute Gasteiger partial charge is 0.326 e. The first kappa shape index (κ1) is 17.7. The summed E-state index contributed by atoms with van der Waals surface area (Å²) in [6.07, 6.45) is 1.36. The Balaban J connectivity index is 3.30. The van der Waals surface area contributed by atoms with Crippen LogP contribution in [0.25, 0.3) is 0 Å². The zero-order chi connectivity index (χ0) is 15.6. The van der Waals surface area contributed by atoms with Crippen LogP contribution in [-0.2, 0) is 16.6 Å². The number of rotatable bonds is 6. The third-order valence-electron chi connectivity index (χ3n) is 3.59. The summed E-state index contributed by atoms with van der Waals surface area (Å²) in [5.74, 6) is 0. The van der Waals surface area contributed by atoms with Crippen molar-refractivity contribution in [1.82, 2.24) is 4.72 Å². The topological polar surface area (TPSA) is 72.2 Å². The molecule has 7 heteroatoms. The molecule has 0 bridgehead atoms. The molecule has 1 rings (SSSR count). The number of hydrogen-bond acceptors (Lipinski definition) is 3. The highest BCUT2D eigenvalue weighted by molar-refractivity contribution is 7.89. The van der Waals surface area contributed by atoms with Crippen LogP contribution in [0.5, 0.6) is 0 Å². The smallest absolute Gasteiger partial charge is 0.242 e. The van der Waals surface area contributed by atoms with Gasteiger partial charge in [-0.25, -0.2) is 13.1 Å². The summed E-state index contributed by atoms with van der Waals surface area (Å²) >= 11 is 12.1. The third-order valence-corrected chi connectivity index (χ3v) is 6.16. The molecule has 0 unspecified atom stereocenters. The van der Waals surface area contributed by atoms with Gasteiger partial charge in [-0.2, -0.15) is 0 Å². The van der Waals surface area contributed by atoms with E-state index in [-0.39, 0.29) is 16.5 Å². The van der Waals surface area contributed by atoms with Crippen molar-refractivity contribution in [3.05, 3.63) is 27.7 Å². The molecule has 0 spiro atoms. The predicted octanol–water partition coefficient (Wildman–Crippen LogP) is 3.31. The van der Waals surface area contributed by atoms with Gasteiger partial charge in [-0.15, -0.1) is 0 Å². The zero-order valence-corrected chi connectivity index (χ0v) is 14.2. The van der Waals surface area contributed by atoms with E-state index in [1.54, 1.807) is 0 Å². The van der Waals surface area contributed by atoms with Crippen molar-refractivity contribution in [2.24, 2.45) is 5.73 Å². The van der Waals surface area contributed by atoms with Gasteiger partial charge in [0.15, 0.2) is 0 Å². The van der Waals surface area contributed by atoms with Gasteiger partial charge < -0.3 is 5.73 Å². The van der Waals surface area contributed by atoms with Gasteiger partial charge in [-0.1, -0.05) is 37.0 Å². The highest BCUT2D eigenvalue weighted by Gasteiger charge is 2.29. The second-order valence-corrected chi connectivity index (χ2v) is 7.35. The summed E-state index contributed by atoms with van der Waals surface area (Å²) in [7, 11) is -3.72. The molecule has 0 saturated carbocycles. The van der Waals surface area contributed by atoms with Crippen LogP contribution in [0.2, 0.25) is 10.0 Å². The van der Waals surface area contributed by atoms with E-state index in [0.29, 0.717) is 23.4 Å². The van der Waals surface area contributed by atoms with Crippen molar-refractivity contribution in [1.29, 1.82) is 0 Å². The van der Waals surface area contributed by atoms with Crippen LogP contribution in [0.1, 0.15) is 39.2 Å². The Bertz CT molecular complexity index is 584. The van der Waals surface area contributed by atoms with E-state index < -0.39 is 15.6 Å². The number of sulfonamides is 1. The first-order valence-electron chi connectivity index (χ1n) is 6.41. The van der Waals surface area contributed by atoms with E-state index in [2.05, 4.69) is 4.72 Å². The summed E-state index contributed by atoms with van der Waals surface area (Å²) in [4.78, 5) is 0.0112. The molecule has 114 valence electrons. The SMILES string of the molecule is CCC(C)(CC)NS(=O)(=O)c1ccc(Cl)c(CN)c1Cl. The number of benzene rings is 1. The maximum atomic E-state index is 12.5. The fraction of sp³-hybridized carbons (Fsp3) is 0.538. The summed E-state index contributed by atoms with van der Waals surface area (Å²) in [5, 5.41) is 0.451. The van der Waals surface area contributed by atoms with Crippen molar-refractivity contribution < 1.29 is 8.42 Å². The second kappa shape index (κ2) is 6.62. The third kappa shape index (κ3) is 3.65. The zero-order valence-electron chi connectivity index (χ0n) is 11.8. The van der Waals surface area contributed by atoms with Crippen LogP contribution in [0.3, 0.4) is 0 Å². The first-order chi connectivity index (χ1) is 9.20. The molecule has 0 atom stereocenters. The fourth-order valence-electron chi connectivity index (χ4n) is 1.74. The van der Waals surface area contributed by atoms with Gasteiger partial charge in [0.25, 0.3) is 0 Å². The molecule has 3 N–H and O–H groups in total. The Labute approximate surface area is 130 Å². The lowest BCUT2D eigenvalue weighted by Gasteiger charge is -2.28. The van der Waals surface area contributed by atoms with Gasteiger partial charge in [-0.3, -0.25) is 0 Å². The number of nitrogens with one attached hydrogen (secondary N) is 1. The van der Waals surface area contributed by atoms with Crippen molar-refractivity contribution >= 4 is 33.2 Å². The van der Waals surface area contributed by atoms with E-state index in [1.165, 1.54) is 12.1 Å². The average Bonchev–Trinajstić information content (AvgIpc) is 2.38. The molecule has 0 amide bonds. The van der Waals surface area contributed by atoms with Gasteiger partial charge in [0.2, 0.25) is 10.0 Å². The van der Waals surface area contributed by atoms with Crippen LogP contribution in [0, 0.1) is 0 Å². The molecule has 0 radical (unpaired) electrons. The summed E-state index contributed by atoms with van der Waals surface area (Å²) < 4.78 is 27.7. The van der Waals surface area contributed by atoms with Gasteiger partial charge in [-0.05, 0) is 31.9 Å². The van der Waals surface area contributed by atoms with Crippen LogP contribution in [0.4, 0.5) is 0 Å². The molecule has 20 heavy (non-hydrogen) atoms. The monoisotopic (exact) mass is 338 g/mol. The molecule has 0 aromatic heterocycles. The Morgan fingerprint density at radius 2 is 1.80 bits per heavy atom. The van der Waals surface area contributed by atoms with Gasteiger partial charge in [0.05, 0.1) is 5.02 Å². The minimum Gasteiger partial charge on any atom is -0.326 e. The molecular weight excluding hydrogens is 319 g/mol. The normalized spacial score (nSPS) is 12.7. The summed E-state index contributed by atoms with van der Waals surface area (Å²) in [5.41, 5.74) is 5.49. The lowest BCUT2D eigenvalue weighted by atomic mass is 9.98. The standard InChI is InChI=1S/C13H20Cl2N2O2S/c1-4-13(3,5-2)17-20(18,19)11-7-6-10(14)9(8-16)12(11)15/h6-7,17H,4-5,8,16H2,1-3H3.